The molecular weight excluding hydrogens is 466 g/mol. The van der Waals surface area contributed by atoms with Crippen LogP contribution in [-0.2, 0) is 24.3 Å². The predicted molar refractivity (Wildman–Crippen MR) is 131 cm³/mol. The first-order valence-corrected chi connectivity index (χ1v) is 11.7. The average molecular weight is 499 g/mol. The Morgan fingerprint density at radius 2 is 1.61 bits per heavy atom. The minimum absolute atomic E-state index is 0.0626. The number of para-hydroxylation sites is 1. The number of benzene rings is 1. The maximum absolute atomic E-state index is 13.5. The van der Waals surface area contributed by atoms with Crippen molar-refractivity contribution in [3.63, 3.8) is 0 Å². The van der Waals surface area contributed by atoms with Crippen LogP contribution in [0.15, 0.2) is 58.5 Å². The van der Waals surface area contributed by atoms with Gasteiger partial charge in [-0.15, -0.1) is 10.3 Å². The van der Waals surface area contributed by atoms with Gasteiger partial charge in [-0.2, -0.15) is 0 Å². The molecule has 10 heteroatoms. The van der Waals surface area contributed by atoms with E-state index in [2.05, 4.69) is 5.32 Å². The molecule has 1 unspecified atom stereocenters. The molecule has 0 bridgehead atoms. The molecule has 0 aliphatic carbocycles. The molecule has 1 atom stereocenters. The van der Waals surface area contributed by atoms with E-state index in [-0.39, 0.29) is 35.6 Å². The quantitative estimate of drug-likeness (QED) is 0.257. The van der Waals surface area contributed by atoms with Gasteiger partial charge in [0.2, 0.25) is 0 Å². The van der Waals surface area contributed by atoms with Crippen molar-refractivity contribution in [2.45, 2.75) is 65.5 Å². The third-order valence-electron chi connectivity index (χ3n) is 6.62. The van der Waals surface area contributed by atoms with E-state index in [0.29, 0.717) is 17.0 Å². The number of ether oxygens (including phenoxy) is 2. The molecule has 0 amide bonds. The highest BCUT2D eigenvalue weighted by atomic mass is 16.6. The number of nitro benzene ring substituents is 1. The van der Waals surface area contributed by atoms with Crippen molar-refractivity contribution < 1.29 is 29.2 Å². The number of allylic oxidation sites excluding steroid dienone is 2. The lowest BCUT2D eigenvalue weighted by molar-refractivity contribution is -0.385. The summed E-state index contributed by atoms with van der Waals surface area (Å²) in [6.07, 6.45) is 1.78. The third-order valence-corrected chi connectivity index (χ3v) is 6.62. The van der Waals surface area contributed by atoms with Gasteiger partial charge >= 0.3 is 11.9 Å². The molecule has 1 aromatic carbocycles. The molecule has 193 valence electrons. The molecule has 0 fully saturated rings. The Morgan fingerprint density at radius 3 is 2.11 bits per heavy atom. The summed E-state index contributed by atoms with van der Waals surface area (Å²) in [5, 5.41) is 28.5. The number of rotatable bonds is 7. The van der Waals surface area contributed by atoms with E-state index in [9.17, 15) is 24.9 Å². The van der Waals surface area contributed by atoms with E-state index in [1.165, 1.54) is 18.2 Å². The molecule has 0 saturated heterocycles. The fourth-order valence-electron chi connectivity index (χ4n) is 4.90. The minimum Gasteiger partial charge on any atom is -0.463 e. The third kappa shape index (κ3) is 4.78. The number of hydroxylamine groups is 2. The first kappa shape index (κ1) is 27.1. The summed E-state index contributed by atoms with van der Waals surface area (Å²) in [6.45, 7) is 11.9. The summed E-state index contributed by atoms with van der Waals surface area (Å²) in [7, 11) is 0. The zero-order valence-electron chi connectivity index (χ0n) is 21.6. The maximum Gasteiger partial charge on any atom is 0.337 e. The minimum atomic E-state index is -1.09. The number of carbonyl (C=O) groups is 2. The van der Waals surface area contributed by atoms with Crippen LogP contribution >= 0.6 is 0 Å². The summed E-state index contributed by atoms with van der Waals surface area (Å²) >= 11 is 0. The Kier molecular flexibility index (Phi) is 7.42. The van der Waals surface area contributed by atoms with Gasteiger partial charge in [-0.25, -0.2) is 9.59 Å². The topological polar surface area (TPSA) is 131 Å². The number of nitro groups is 1. The van der Waals surface area contributed by atoms with Gasteiger partial charge in [0.25, 0.3) is 5.69 Å². The Labute approximate surface area is 210 Å². The van der Waals surface area contributed by atoms with E-state index in [1.54, 1.807) is 60.6 Å². The van der Waals surface area contributed by atoms with E-state index < -0.39 is 33.9 Å². The van der Waals surface area contributed by atoms with Crippen molar-refractivity contribution in [1.82, 2.24) is 10.4 Å². The summed E-state index contributed by atoms with van der Waals surface area (Å²) in [4.78, 5) is 37.8. The van der Waals surface area contributed by atoms with Crippen molar-refractivity contribution in [3.8, 4) is 0 Å². The Bertz CT molecular complexity index is 1190. The normalized spacial score (nSPS) is 21.1. The van der Waals surface area contributed by atoms with Crippen LogP contribution in [0.3, 0.4) is 0 Å². The number of hydrogen-bond acceptors (Lipinski definition) is 8. The standard InChI is InChI=1S/C26H32N3O7/c1-8-35-23(30)20-15(2)27-16(3)21(22(20)18-11-9-10-12-19(18)28(32)33)24(31)36-14-17-13-25(4,5)29(34)26(17,6)7/h9-13,22,27H,8,14H2,1-7H3. The van der Waals surface area contributed by atoms with Crippen LogP contribution in [0, 0.1) is 10.1 Å². The summed E-state index contributed by atoms with van der Waals surface area (Å²) < 4.78 is 10.9. The number of esters is 2. The highest BCUT2D eigenvalue weighted by Gasteiger charge is 2.47. The Balaban J connectivity index is 2.06. The molecule has 3 rings (SSSR count). The number of carbonyl (C=O) groups excluding carboxylic acids is 2. The van der Waals surface area contributed by atoms with Crippen LogP contribution < -0.4 is 5.32 Å². The molecule has 0 aromatic heterocycles. The number of dihydropyridines is 1. The van der Waals surface area contributed by atoms with Gasteiger partial charge in [-0.05, 0) is 54.0 Å². The second kappa shape index (κ2) is 9.87. The molecule has 1 radical (unpaired) electrons. The van der Waals surface area contributed by atoms with Crippen molar-refractivity contribution >= 4 is 17.6 Å². The van der Waals surface area contributed by atoms with E-state index >= 15 is 0 Å². The monoisotopic (exact) mass is 498 g/mol. The van der Waals surface area contributed by atoms with Crippen LogP contribution in [0.5, 0.6) is 0 Å². The lowest BCUT2D eigenvalue weighted by atomic mass is 9.79. The molecule has 10 nitrogen and oxygen atoms in total. The van der Waals surface area contributed by atoms with Gasteiger partial charge < -0.3 is 14.8 Å². The van der Waals surface area contributed by atoms with Gasteiger partial charge in [0.05, 0.1) is 39.7 Å². The van der Waals surface area contributed by atoms with Gasteiger partial charge in [0.1, 0.15) is 6.61 Å². The van der Waals surface area contributed by atoms with Crippen molar-refractivity contribution in [2.24, 2.45) is 0 Å². The lowest BCUT2D eigenvalue weighted by Gasteiger charge is -2.34. The van der Waals surface area contributed by atoms with Gasteiger partial charge in [0, 0.05) is 23.0 Å². The van der Waals surface area contributed by atoms with Crippen molar-refractivity contribution in [2.75, 3.05) is 13.2 Å². The molecule has 0 spiro atoms. The smallest absolute Gasteiger partial charge is 0.337 e. The number of hydrogen-bond donors (Lipinski definition) is 1. The fraction of sp³-hybridized carbons (Fsp3) is 0.462. The van der Waals surface area contributed by atoms with Crippen LogP contribution in [0.1, 0.15) is 59.9 Å². The summed E-state index contributed by atoms with van der Waals surface area (Å²) in [5.74, 6) is -2.53. The van der Waals surface area contributed by atoms with Crippen LogP contribution in [-0.4, -0.2) is 46.2 Å². The van der Waals surface area contributed by atoms with Gasteiger partial charge in [-0.1, -0.05) is 24.3 Å². The number of nitrogens with one attached hydrogen (secondary N) is 1. The molecule has 2 aliphatic rings. The molecular formula is C26H32N3O7. The van der Waals surface area contributed by atoms with Gasteiger partial charge in [-0.3, -0.25) is 10.1 Å². The van der Waals surface area contributed by atoms with Crippen molar-refractivity contribution in [1.29, 1.82) is 0 Å². The zero-order chi connectivity index (χ0) is 27.0. The summed E-state index contributed by atoms with van der Waals surface area (Å²) in [6, 6.07) is 5.96. The van der Waals surface area contributed by atoms with E-state index in [4.69, 9.17) is 9.47 Å². The molecule has 0 saturated carbocycles. The van der Waals surface area contributed by atoms with Gasteiger partial charge in [0.15, 0.2) is 0 Å². The zero-order valence-corrected chi connectivity index (χ0v) is 21.6. The van der Waals surface area contributed by atoms with Crippen LogP contribution in [0.4, 0.5) is 5.69 Å². The highest BCUT2D eigenvalue weighted by Crippen LogP contribution is 2.43. The predicted octanol–water partition coefficient (Wildman–Crippen LogP) is 4.08. The number of nitrogens with zero attached hydrogens (tertiary/aromatic N) is 2. The van der Waals surface area contributed by atoms with Crippen molar-refractivity contribution in [3.05, 3.63) is 74.1 Å². The van der Waals surface area contributed by atoms with E-state index in [1.807, 2.05) is 0 Å². The highest BCUT2D eigenvalue weighted by molar-refractivity contribution is 6.00. The lowest BCUT2D eigenvalue weighted by Crippen LogP contribution is -2.47. The SMILES string of the molecule is CCOC(=O)C1=C(C)NC(C)=C(C(=O)OCC2=CC(C)(C)N([O])C2(C)C)C1c1ccccc1[N+](=O)[O-]. The first-order chi connectivity index (χ1) is 16.7. The molecule has 2 heterocycles. The Morgan fingerprint density at radius 1 is 1.06 bits per heavy atom. The molecule has 1 aromatic rings. The summed E-state index contributed by atoms with van der Waals surface area (Å²) in [5.41, 5.74) is -0.0984. The Hall–Kier alpha value is -3.50. The molecule has 2 aliphatic heterocycles. The average Bonchev–Trinajstić information content (AvgIpc) is 2.95. The van der Waals surface area contributed by atoms with E-state index in [0.717, 1.165) is 5.06 Å². The fourth-order valence-corrected chi connectivity index (χ4v) is 4.90. The van der Waals surface area contributed by atoms with Crippen LogP contribution in [0.25, 0.3) is 0 Å². The first-order valence-electron chi connectivity index (χ1n) is 11.7. The van der Waals surface area contributed by atoms with Crippen LogP contribution in [0.2, 0.25) is 0 Å². The molecule has 1 N–H and O–H groups in total. The second-order valence-corrected chi connectivity index (χ2v) is 9.92. The maximum atomic E-state index is 13.5. The second-order valence-electron chi connectivity index (χ2n) is 9.92. The largest absolute Gasteiger partial charge is 0.463 e. The molecule has 36 heavy (non-hydrogen) atoms.